The van der Waals surface area contributed by atoms with Crippen LogP contribution in [-0.2, 0) is 16.0 Å². The molecule has 6 nitrogen and oxygen atoms in total. The van der Waals surface area contributed by atoms with Gasteiger partial charge in [0.15, 0.2) is 0 Å². The molecule has 2 aromatic carbocycles. The third kappa shape index (κ3) is 6.33. The van der Waals surface area contributed by atoms with Crippen LogP contribution in [0.1, 0.15) is 11.1 Å². The number of alkyl halides is 3. The van der Waals surface area contributed by atoms with Crippen molar-refractivity contribution in [1.82, 2.24) is 10.2 Å². The van der Waals surface area contributed by atoms with Crippen molar-refractivity contribution in [3.63, 3.8) is 0 Å². The monoisotopic (exact) mass is 468 g/mol. The number of hydrogen-bond acceptors (Lipinski definition) is 5. The molecule has 1 saturated heterocycles. The van der Waals surface area contributed by atoms with Gasteiger partial charge in [0.25, 0.3) is 11.1 Å². The van der Waals surface area contributed by atoms with Crippen LogP contribution >= 0.6 is 11.8 Å². The lowest BCUT2D eigenvalue weighted by Gasteiger charge is -2.13. The molecule has 0 radical (unpaired) electrons. The molecule has 11 heteroatoms. The van der Waals surface area contributed by atoms with Crippen molar-refractivity contribution in [3.8, 4) is 5.75 Å². The molecule has 1 heterocycles. The summed E-state index contributed by atoms with van der Waals surface area (Å²) in [4.78, 5) is 37.6. The lowest BCUT2D eigenvalue weighted by Crippen LogP contribution is -2.37. The van der Waals surface area contributed by atoms with Crippen molar-refractivity contribution < 1.29 is 36.7 Å². The van der Waals surface area contributed by atoms with Crippen LogP contribution in [0.25, 0.3) is 6.08 Å². The Hall–Kier alpha value is -3.34. The van der Waals surface area contributed by atoms with Gasteiger partial charge >= 0.3 is 6.36 Å². The molecule has 2 aromatic rings. The zero-order chi connectivity index (χ0) is 23.3. The van der Waals surface area contributed by atoms with Crippen LogP contribution in [0.3, 0.4) is 0 Å². The second kappa shape index (κ2) is 9.86. The van der Waals surface area contributed by atoms with Crippen LogP contribution in [0.4, 0.5) is 22.4 Å². The van der Waals surface area contributed by atoms with Gasteiger partial charge in [-0.05, 0) is 41.6 Å². The number of carbonyl (C=O) groups is 3. The van der Waals surface area contributed by atoms with Gasteiger partial charge in [-0.25, -0.2) is 4.39 Å². The van der Waals surface area contributed by atoms with Gasteiger partial charge in [-0.1, -0.05) is 30.3 Å². The number of ether oxygens (including phenoxy) is 1. The minimum absolute atomic E-state index is 0.0148. The average Bonchev–Trinajstić information content (AvgIpc) is 2.97. The van der Waals surface area contributed by atoms with Crippen LogP contribution in [0, 0.1) is 5.82 Å². The van der Waals surface area contributed by atoms with Crippen LogP contribution in [-0.4, -0.2) is 41.4 Å². The first-order chi connectivity index (χ1) is 15.1. The molecular formula is C21H16F4N2O4S. The number of amides is 3. The fourth-order valence-electron chi connectivity index (χ4n) is 2.79. The van der Waals surface area contributed by atoms with Crippen LogP contribution in [0.2, 0.25) is 0 Å². The Morgan fingerprint density at radius 3 is 2.44 bits per heavy atom. The van der Waals surface area contributed by atoms with E-state index in [0.29, 0.717) is 17.3 Å². The van der Waals surface area contributed by atoms with Crippen molar-refractivity contribution in [2.45, 2.75) is 12.8 Å². The van der Waals surface area contributed by atoms with E-state index in [1.54, 1.807) is 6.07 Å². The Morgan fingerprint density at radius 1 is 1.09 bits per heavy atom. The fraction of sp³-hybridized carbons (Fsp3) is 0.190. The molecule has 32 heavy (non-hydrogen) atoms. The lowest BCUT2D eigenvalue weighted by molar-refractivity contribution is -0.274. The molecule has 0 atom stereocenters. The van der Waals surface area contributed by atoms with Crippen molar-refractivity contribution >= 4 is 34.9 Å². The quantitative estimate of drug-likeness (QED) is 0.489. The van der Waals surface area contributed by atoms with E-state index in [1.807, 2.05) is 0 Å². The number of carbonyl (C=O) groups excluding carboxylic acids is 3. The van der Waals surface area contributed by atoms with Crippen LogP contribution in [0.15, 0.2) is 53.4 Å². The smallest absolute Gasteiger partial charge is 0.406 e. The summed E-state index contributed by atoms with van der Waals surface area (Å²) in [5, 5.41) is 2.01. The molecule has 1 N–H and O–H groups in total. The Bertz CT molecular complexity index is 1050. The number of rotatable bonds is 7. The standard InChI is InChI=1S/C21H16F4N2O4S/c22-16-4-2-1-3-14(16)12-17-19(29)27(20(30)32-17)10-9-26-18(28)11-13-5-7-15(8-6-13)31-21(23,24)25/h1-8,12H,9-11H2,(H,26,28)/b17-12-. The van der Waals surface area contributed by atoms with Crippen molar-refractivity contribution in [3.05, 3.63) is 70.4 Å². The highest BCUT2D eigenvalue weighted by Gasteiger charge is 2.35. The summed E-state index contributed by atoms with van der Waals surface area (Å²) in [6.45, 7) is -0.0947. The van der Waals surface area contributed by atoms with Gasteiger partial charge < -0.3 is 10.1 Å². The average molecular weight is 468 g/mol. The van der Waals surface area contributed by atoms with E-state index < -0.39 is 35.0 Å². The van der Waals surface area contributed by atoms with Gasteiger partial charge in [0.2, 0.25) is 5.91 Å². The highest BCUT2D eigenvalue weighted by atomic mass is 32.2. The Balaban J connectivity index is 1.49. The van der Waals surface area contributed by atoms with Gasteiger partial charge in [-0.15, -0.1) is 13.2 Å². The number of nitrogens with one attached hydrogen (secondary N) is 1. The zero-order valence-electron chi connectivity index (χ0n) is 16.3. The second-order valence-electron chi connectivity index (χ2n) is 6.57. The molecule has 1 fully saturated rings. The van der Waals surface area contributed by atoms with Gasteiger partial charge in [0.05, 0.1) is 11.3 Å². The van der Waals surface area contributed by atoms with Gasteiger partial charge in [-0.3, -0.25) is 19.3 Å². The molecule has 3 amide bonds. The molecular weight excluding hydrogens is 452 g/mol. The van der Waals surface area contributed by atoms with E-state index in [9.17, 15) is 31.9 Å². The minimum atomic E-state index is -4.80. The predicted molar refractivity (Wildman–Crippen MR) is 109 cm³/mol. The number of benzene rings is 2. The van der Waals surface area contributed by atoms with Crippen molar-refractivity contribution in [2.75, 3.05) is 13.1 Å². The summed E-state index contributed by atoms with van der Waals surface area (Å²) in [6, 6.07) is 10.7. The largest absolute Gasteiger partial charge is 0.573 e. The topological polar surface area (TPSA) is 75.7 Å². The highest BCUT2D eigenvalue weighted by molar-refractivity contribution is 8.18. The first-order valence-electron chi connectivity index (χ1n) is 9.23. The predicted octanol–water partition coefficient (Wildman–Crippen LogP) is 4.12. The van der Waals surface area contributed by atoms with Gasteiger partial charge in [-0.2, -0.15) is 0 Å². The van der Waals surface area contributed by atoms with E-state index in [2.05, 4.69) is 10.1 Å². The maximum absolute atomic E-state index is 13.8. The highest BCUT2D eigenvalue weighted by Crippen LogP contribution is 2.32. The normalized spacial score (nSPS) is 15.4. The van der Waals surface area contributed by atoms with E-state index in [1.165, 1.54) is 36.4 Å². The number of hydrogen-bond donors (Lipinski definition) is 1. The molecule has 0 spiro atoms. The van der Waals surface area contributed by atoms with E-state index in [0.717, 1.165) is 17.0 Å². The molecule has 1 aliphatic rings. The maximum atomic E-state index is 13.8. The number of nitrogens with zero attached hydrogens (tertiary/aromatic N) is 1. The molecule has 3 rings (SSSR count). The summed E-state index contributed by atoms with van der Waals surface area (Å²) >= 11 is 0.679. The number of thioether (sulfide) groups is 1. The Kier molecular flexibility index (Phi) is 7.18. The van der Waals surface area contributed by atoms with Gasteiger partial charge in [0, 0.05) is 18.7 Å². The lowest BCUT2D eigenvalue weighted by atomic mass is 10.1. The van der Waals surface area contributed by atoms with E-state index in [4.69, 9.17) is 0 Å². The summed E-state index contributed by atoms with van der Waals surface area (Å²) in [5.41, 5.74) is 0.633. The van der Waals surface area contributed by atoms with Crippen LogP contribution in [0.5, 0.6) is 5.75 Å². The number of imide groups is 1. The minimum Gasteiger partial charge on any atom is -0.406 e. The summed E-state index contributed by atoms with van der Waals surface area (Å²) < 4.78 is 54.0. The molecule has 0 unspecified atom stereocenters. The Labute approximate surface area is 184 Å². The van der Waals surface area contributed by atoms with E-state index >= 15 is 0 Å². The summed E-state index contributed by atoms with van der Waals surface area (Å²) in [6.07, 6.45) is -3.61. The molecule has 0 bridgehead atoms. The molecule has 0 saturated carbocycles. The Morgan fingerprint density at radius 2 is 1.78 bits per heavy atom. The third-order valence-electron chi connectivity index (χ3n) is 4.24. The van der Waals surface area contributed by atoms with Crippen molar-refractivity contribution in [2.24, 2.45) is 0 Å². The summed E-state index contributed by atoms with van der Waals surface area (Å²) in [7, 11) is 0. The van der Waals surface area contributed by atoms with Crippen molar-refractivity contribution in [1.29, 1.82) is 0 Å². The van der Waals surface area contributed by atoms with E-state index in [-0.39, 0.29) is 30.0 Å². The van der Waals surface area contributed by atoms with Crippen LogP contribution < -0.4 is 10.1 Å². The molecule has 0 aromatic heterocycles. The first-order valence-corrected chi connectivity index (χ1v) is 10.1. The van der Waals surface area contributed by atoms with Gasteiger partial charge in [0.1, 0.15) is 11.6 Å². The molecule has 1 aliphatic heterocycles. The third-order valence-corrected chi connectivity index (χ3v) is 5.15. The molecule has 0 aliphatic carbocycles. The molecule has 168 valence electrons. The number of halogens is 4. The fourth-order valence-corrected chi connectivity index (χ4v) is 3.65. The SMILES string of the molecule is O=C(Cc1ccc(OC(F)(F)F)cc1)NCCN1C(=O)S/C(=C\c2ccccc2F)C1=O. The zero-order valence-corrected chi connectivity index (χ0v) is 17.1. The second-order valence-corrected chi connectivity index (χ2v) is 7.57. The summed E-state index contributed by atoms with van der Waals surface area (Å²) in [5.74, 6) is -1.95. The first kappa shape index (κ1) is 23.3. The maximum Gasteiger partial charge on any atom is 0.573 e.